The number of carbonyl (C=O) groups is 2. The number of carbonyl (C=O) groups excluding carboxylic acids is 2. The van der Waals surface area contributed by atoms with Gasteiger partial charge in [-0.25, -0.2) is 0 Å². The molecule has 1 aromatic carbocycles. The van der Waals surface area contributed by atoms with Crippen LogP contribution in [0.25, 0.3) is 0 Å². The van der Waals surface area contributed by atoms with Gasteiger partial charge in [-0.15, -0.1) is 6.58 Å². The third-order valence-corrected chi connectivity index (χ3v) is 2.99. The number of nitrogens with zero attached hydrogens (tertiary/aromatic N) is 1. The predicted molar refractivity (Wildman–Crippen MR) is 72.0 cm³/mol. The monoisotopic (exact) mass is 260 g/mol. The highest BCUT2D eigenvalue weighted by molar-refractivity contribution is 6.02. The second kappa shape index (κ2) is 5.67. The minimum absolute atomic E-state index is 0.0575. The quantitative estimate of drug-likeness (QED) is 0.769. The van der Waals surface area contributed by atoms with Crippen LogP contribution in [0.1, 0.15) is 15.9 Å². The molecule has 5 nitrogen and oxygen atoms in total. The fourth-order valence-corrected chi connectivity index (χ4v) is 2.08. The van der Waals surface area contributed by atoms with Crippen LogP contribution < -0.4 is 5.32 Å². The number of fused-ring (bicyclic) bond motifs is 1. The van der Waals surface area contributed by atoms with Crippen LogP contribution in [0.2, 0.25) is 0 Å². The van der Waals surface area contributed by atoms with Gasteiger partial charge in [0.05, 0.1) is 13.0 Å². The van der Waals surface area contributed by atoms with Crippen molar-refractivity contribution in [2.75, 3.05) is 25.0 Å². The van der Waals surface area contributed by atoms with Crippen LogP contribution in [0, 0.1) is 0 Å². The second-order valence-electron chi connectivity index (χ2n) is 4.36. The fourth-order valence-electron chi connectivity index (χ4n) is 2.08. The van der Waals surface area contributed by atoms with E-state index in [1.54, 1.807) is 24.3 Å². The van der Waals surface area contributed by atoms with Crippen LogP contribution in [0.4, 0.5) is 5.69 Å². The number of hydrogen-bond acceptors (Lipinski definition) is 3. The minimum atomic E-state index is -0.183. The highest BCUT2D eigenvalue weighted by Gasteiger charge is 2.20. The van der Waals surface area contributed by atoms with Gasteiger partial charge in [0.25, 0.3) is 5.91 Å². The molecular weight excluding hydrogens is 244 g/mol. The number of nitrogens with one attached hydrogen (secondary N) is 1. The van der Waals surface area contributed by atoms with Crippen molar-refractivity contribution in [3.8, 4) is 0 Å². The maximum absolute atomic E-state index is 12.3. The summed E-state index contributed by atoms with van der Waals surface area (Å²) in [6.45, 7) is 4.13. The summed E-state index contributed by atoms with van der Waals surface area (Å²) in [5.74, 6) is -0.240. The van der Waals surface area contributed by atoms with E-state index >= 15 is 0 Å². The van der Waals surface area contributed by atoms with E-state index in [-0.39, 0.29) is 25.0 Å². The summed E-state index contributed by atoms with van der Waals surface area (Å²) in [6.07, 6.45) is 1.97. The molecule has 0 radical (unpaired) electrons. The standard InChI is InChI=1S/C14H16N2O3/c1-2-5-16(6-7-17)14(19)11-4-3-10-9-13(18)15-12(10)8-11/h2-4,8,17H,1,5-7,9H2,(H,15,18). The van der Waals surface area contributed by atoms with E-state index in [4.69, 9.17) is 5.11 Å². The Morgan fingerprint density at radius 2 is 2.32 bits per heavy atom. The number of hydrogen-bond donors (Lipinski definition) is 2. The molecule has 1 aliphatic rings. The van der Waals surface area contributed by atoms with Gasteiger partial charge in [0.2, 0.25) is 5.91 Å². The predicted octanol–water partition coefficient (Wildman–Crippen LogP) is 0.802. The normalized spacial score (nSPS) is 12.8. The van der Waals surface area contributed by atoms with Crippen LogP contribution in [-0.4, -0.2) is 41.5 Å². The Bertz CT molecular complexity index is 525. The Morgan fingerprint density at radius 3 is 3.00 bits per heavy atom. The first-order valence-corrected chi connectivity index (χ1v) is 6.09. The maximum atomic E-state index is 12.3. The lowest BCUT2D eigenvalue weighted by Crippen LogP contribution is -2.33. The van der Waals surface area contributed by atoms with Gasteiger partial charge in [0.15, 0.2) is 0 Å². The molecule has 0 unspecified atom stereocenters. The Balaban J connectivity index is 2.21. The van der Waals surface area contributed by atoms with E-state index < -0.39 is 0 Å². The molecule has 19 heavy (non-hydrogen) atoms. The first kappa shape index (κ1) is 13.3. The molecule has 0 fully saturated rings. The summed E-state index contributed by atoms with van der Waals surface area (Å²) >= 11 is 0. The van der Waals surface area contributed by atoms with Crippen LogP contribution in [0.5, 0.6) is 0 Å². The van der Waals surface area contributed by atoms with Gasteiger partial charge in [-0.05, 0) is 17.7 Å². The Kier molecular flexibility index (Phi) is 3.97. The van der Waals surface area contributed by atoms with E-state index in [2.05, 4.69) is 11.9 Å². The third-order valence-electron chi connectivity index (χ3n) is 2.99. The van der Waals surface area contributed by atoms with Crippen molar-refractivity contribution >= 4 is 17.5 Å². The zero-order valence-electron chi connectivity index (χ0n) is 10.6. The van der Waals surface area contributed by atoms with Crippen LogP contribution in [-0.2, 0) is 11.2 Å². The summed E-state index contributed by atoms with van der Waals surface area (Å²) in [6, 6.07) is 5.16. The summed E-state index contributed by atoms with van der Waals surface area (Å²) in [4.78, 5) is 25.0. The summed E-state index contributed by atoms with van der Waals surface area (Å²) < 4.78 is 0. The zero-order chi connectivity index (χ0) is 13.8. The smallest absolute Gasteiger partial charge is 0.254 e. The molecule has 0 saturated heterocycles. The molecule has 100 valence electrons. The van der Waals surface area contributed by atoms with Crippen molar-refractivity contribution in [1.29, 1.82) is 0 Å². The molecular formula is C14H16N2O3. The van der Waals surface area contributed by atoms with Crippen LogP contribution >= 0.6 is 0 Å². The maximum Gasteiger partial charge on any atom is 0.254 e. The highest BCUT2D eigenvalue weighted by atomic mass is 16.3. The van der Waals surface area contributed by atoms with E-state index in [1.807, 2.05) is 0 Å². The Morgan fingerprint density at radius 1 is 1.53 bits per heavy atom. The van der Waals surface area contributed by atoms with Gasteiger partial charge in [-0.2, -0.15) is 0 Å². The molecule has 1 aliphatic heterocycles. The van der Waals surface area contributed by atoms with Gasteiger partial charge >= 0.3 is 0 Å². The number of aliphatic hydroxyl groups is 1. The van der Waals surface area contributed by atoms with Crippen LogP contribution in [0.3, 0.4) is 0 Å². The van der Waals surface area contributed by atoms with E-state index in [0.717, 1.165) is 5.56 Å². The Hall–Kier alpha value is -2.14. The summed E-state index contributed by atoms with van der Waals surface area (Å²) in [7, 11) is 0. The van der Waals surface area contributed by atoms with Gasteiger partial charge < -0.3 is 15.3 Å². The highest BCUT2D eigenvalue weighted by Crippen LogP contribution is 2.24. The molecule has 2 N–H and O–H groups in total. The van der Waals surface area contributed by atoms with Crippen molar-refractivity contribution < 1.29 is 14.7 Å². The SMILES string of the molecule is C=CCN(CCO)C(=O)c1ccc2c(c1)NC(=O)C2. The van der Waals surface area contributed by atoms with E-state index in [9.17, 15) is 9.59 Å². The average Bonchev–Trinajstić information content (AvgIpc) is 2.76. The lowest BCUT2D eigenvalue weighted by molar-refractivity contribution is -0.115. The number of anilines is 1. The molecule has 1 heterocycles. The third kappa shape index (κ3) is 2.82. The molecule has 0 aromatic heterocycles. The largest absolute Gasteiger partial charge is 0.395 e. The zero-order valence-corrected chi connectivity index (χ0v) is 10.6. The van der Waals surface area contributed by atoms with E-state index in [1.165, 1.54) is 4.90 Å². The summed E-state index contributed by atoms with van der Waals surface area (Å²) in [5.41, 5.74) is 2.09. The van der Waals surface area contributed by atoms with Gasteiger partial charge in [-0.1, -0.05) is 12.1 Å². The molecule has 1 aromatic rings. The van der Waals surface area contributed by atoms with Crippen molar-refractivity contribution in [3.63, 3.8) is 0 Å². The number of amides is 2. The summed E-state index contributed by atoms with van der Waals surface area (Å²) in [5, 5.41) is 11.7. The first-order valence-electron chi connectivity index (χ1n) is 6.09. The van der Waals surface area contributed by atoms with Crippen molar-refractivity contribution in [2.45, 2.75) is 6.42 Å². The second-order valence-corrected chi connectivity index (χ2v) is 4.36. The molecule has 0 bridgehead atoms. The lowest BCUT2D eigenvalue weighted by atomic mass is 10.1. The van der Waals surface area contributed by atoms with Crippen LogP contribution in [0.15, 0.2) is 30.9 Å². The first-order chi connectivity index (χ1) is 9.15. The Labute approximate surface area is 111 Å². The molecule has 0 aliphatic carbocycles. The van der Waals surface area contributed by atoms with Crippen molar-refractivity contribution in [2.24, 2.45) is 0 Å². The number of rotatable bonds is 5. The topological polar surface area (TPSA) is 69.6 Å². The lowest BCUT2D eigenvalue weighted by Gasteiger charge is -2.20. The molecule has 0 spiro atoms. The van der Waals surface area contributed by atoms with Crippen molar-refractivity contribution in [3.05, 3.63) is 42.0 Å². The molecule has 0 saturated carbocycles. The average molecular weight is 260 g/mol. The van der Waals surface area contributed by atoms with Crippen molar-refractivity contribution in [1.82, 2.24) is 4.90 Å². The molecule has 2 amide bonds. The number of aliphatic hydroxyl groups excluding tert-OH is 1. The number of benzene rings is 1. The van der Waals surface area contributed by atoms with Gasteiger partial charge in [0.1, 0.15) is 0 Å². The van der Waals surface area contributed by atoms with E-state index in [0.29, 0.717) is 24.2 Å². The minimum Gasteiger partial charge on any atom is -0.395 e. The molecule has 5 heteroatoms. The fraction of sp³-hybridized carbons (Fsp3) is 0.286. The molecule has 0 atom stereocenters. The van der Waals surface area contributed by atoms with Gasteiger partial charge in [-0.3, -0.25) is 9.59 Å². The van der Waals surface area contributed by atoms with Gasteiger partial charge in [0, 0.05) is 24.3 Å². The molecule has 2 rings (SSSR count).